The number of hydrogen-bond acceptors (Lipinski definition) is 3. The number of alkyl halides is 3. The van der Waals surface area contributed by atoms with E-state index in [2.05, 4.69) is 10.3 Å². The molecule has 0 bridgehead atoms. The fraction of sp³-hybridized carbons (Fsp3) is 0.176. The number of benzene rings is 2. The Morgan fingerprint density at radius 3 is 2.56 bits per heavy atom. The number of carbonyl (C=O) groups excluding carboxylic acids is 1. The fourth-order valence-corrected chi connectivity index (χ4v) is 3.53. The van der Waals surface area contributed by atoms with Crippen molar-refractivity contribution < 1.29 is 18.0 Å². The molecule has 8 heteroatoms. The fourth-order valence-electron chi connectivity index (χ4n) is 2.32. The van der Waals surface area contributed by atoms with E-state index in [0.29, 0.717) is 10.9 Å². The molecule has 0 aromatic heterocycles. The zero-order valence-electron chi connectivity index (χ0n) is 12.7. The zero-order valence-corrected chi connectivity index (χ0v) is 14.3. The van der Waals surface area contributed by atoms with Gasteiger partial charge in [-0.3, -0.25) is 4.79 Å². The maximum Gasteiger partial charge on any atom is 0.416 e. The molecule has 1 heterocycles. The van der Waals surface area contributed by atoms with E-state index in [0.717, 1.165) is 12.1 Å². The minimum Gasteiger partial charge on any atom is -0.304 e. The molecule has 0 aliphatic carbocycles. The first-order valence-corrected chi connectivity index (χ1v) is 8.55. The van der Waals surface area contributed by atoms with Crippen LogP contribution in [0.15, 0.2) is 53.5 Å². The smallest absolute Gasteiger partial charge is 0.304 e. The summed E-state index contributed by atoms with van der Waals surface area (Å²) in [5, 5.41) is 2.69. The molecule has 130 valence electrons. The highest BCUT2D eigenvalue weighted by molar-refractivity contribution is 8.15. The van der Waals surface area contributed by atoms with Gasteiger partial charge in [0, 0.05) is 5.02 Å². The number of hydrogen-bond donors (Lipinski definition) is 1. The summed E-state index contributed by atoms with van der Waals surface area (Å²) in [7, 11) is 0. The van der Waals surface area contributed by atoms with E-state index in [4.69, 9.17) is 11.6 Å². The molecule has 0 spiro atoms. The number of rotatable bonds is 3. The Hall–Kier alpha value is -1.99. The van der Waals surface area contributed by atoms with Gasteiger partial charge in [0.25, 0.3) is 0 Å². The van der Waals surface area contributed by atoms with Crippen LogP contribution in [0.3, 0.4) is 0 Å². The van der Waals surface area contributed by atoms with Crippen molar-refractivity contribution in [3.63, 3.8) is 0 Å². The molecule has 1 saturated heterocycles. The van der Waals surface area contributed by atoms with Crippen molar-refractivity contribution in [2.45, 2.75) is 17.8 Å². The standard InChI is InChI=1S/C17H12ClF3N2OS/c18-13-7-6-11(17(19,20)21)8-10(13)9-14-15(24)23-16(25-14)22-12-4-2-1-3-5-12/h1-8,14H,9H2,(H,22,23,24). The lowest BCUT2D eigenvalue weighted by Gasteiger charge is -2.12. The van der Waals surface area contributed by atoms with Crippen LogP contribution in [0.1, 0.15) is 11.1 Å². The summed E-state index contributed by atoms with van der Waals surface area (Å²) < 4.78 is 38.5. The summed E-state index contributed by atoms with van der Waals surface area (Å²) in [6.07, 6.45) is -4.36. The Balaban J connectivity index is 1.78. The molecule has 2 aromatic carbocycles. The van der Waals surface area contributed by atoms with Crippen LogP contribution in [0.4, 0.5) is 18.9 Å². The molecule has 1 fully saturated rings. The number of amidine groups is 1. The summed E-state index contributed by atoms with van der Waals surface area (Å²) in [5.74, 6) is -0.298. The van der Waals surface area contributed by atoms with Crippen molar-refractivity contribution in [1.29, 1.82) is 0 Å². The second-order valence-corrected chi connectivity index (χ2v) is 6.95. The first-order chi connectivity index (χ1) is 11.8. The minimum atomic E-state index is -4.45. The lowest BCUT2D eigenvalue weighted by Crippen LogP contribution is -2.26. The molecule has 0 radical (unpaired) electrons. The van der Waals surface area contributed by atoms with E-state index in [1.807, 2.05) is 18.2 Å². The Morgan fingerprint density at radius 1 is 1.16 bits per heavy atom. The summed E-state index contributed by atoms with van der Waals surface area (Å²) in [6, 6.07) is 12.2. The van der Waals surface area contributed by atoms with Crippen LogP contribution in [0.2, 0.25) is 5.02 Å². The lowest BCUT2D eigenvalue weighted by atomic mass is 10.1. The number of halogens is 4. The van der Waals surface area contributed by atoms with E-state index in [9.17, 15) is 18.0 Å². The molecular formula is C17H12ClF3N2OS. The maximum atomic E-state index is 12.8. The third-order valence-electron chi connectivity index (χ3n) is 3.54. The summed E-state index contributed by atoms with van der Waals surface area (Å²) in [4.78, 5) is 16.4. The molecule has 3 rings (SSSR count). The molecule has 1 amide bonds. The molecule has 25 heavy (non-hydrogen) atoms. The number of amides is 1. The molecule has 1 aliphatic heterocycles. The van der Waals surface area contributed by atoms with Crippen molar-refractivity contribution in [3.8, 4) is 0 Å². The lowest BCUT2D eigenvalue weighted by molar-refractivity contribution is -0.137. The predicted octanol–water partition coefficient (Wildman–Crippen LogP) is 4.82. The number of aliphatic imine (C=N–C) groups is 1. The molecule has 1 N–H and O–H groups in total. The van der Waals surface area contributed by atoms with E-state index >= 15 is 0 Å². The average molecular weight is 385 g/mol. The molecule has 1 aliphatic rings. The van der Waals surface area contributed by atoms with Crippen molar-refractivity contribution in [2.24, 2.45) is 4.99 Å². The van der Waals surface area contributed by atoms with Crippen LogP contribution in [0.5, 0.6) is 0 Å². The van der Waals surface area contributed by atoms with Gasteiger partial charge in [0.2, 0.25) is 5.91 Å². The molecular weight excluding hydrogens is 373 g/mol. The van der Waals surface area contributed by atoms with Crippen molar-refractivity contribution in [3.05, 3.63) is 64.7 Å². The molecule has 1 unspecified atom stereocenters. The van der Waals surface area contributed by atoms with Gasteiger partial charge in [-0.2, -0.15) is 13.2 Å². The van der Waals surface area contributed by atoms with Gasteiger partial charge in [-0.25, -0.2) is 4.99 Å². The SMILES string of the molecule is O=C1NC(=Nc2ccccc2)SC1Cc1cc(C(F)(F)F)ccc1Cl. The van der Waals surface area contributed by atoms with Gasteiger partial charge in [0.05, 0.1) is 16.5 Å². The van der Waals surface area contributed by atoms with Gasteiger partial charge in [-0.05, 0) is 42.3 Å². The number of nitrogens with one attached hydrogen (secondary N) is 1. The van der Waals surface area contributed by atoms with Gasteiger partial charge in [0.1, 0.15) is 0 Å². The second kappa shape index (κ2) is 7.09. The largest absolute Gasteiger partial charge is 0.416 e. The first kappa shape index (κ1) is 17.8. The van der Waals surface area contributed by atoms with Gasteiger partial charge in [0.15, 0.2) is 5.17 Å². The van der Waals surface area contributed by atoms with Crippen molar-refractivity contribution >= 4 is 40.1 Å². The molecule has 3 nitrogen and oxygen atoms in total. The second-order valence-electron chi connectivity index (χ2n) is 5.36. The summed E-state index contributed by atoms with van der Waals surface area (Å²) in [5.41, 5.74) is 0.182. The maximum absolute atomic E-state index is 12.8. The number of carbonyl (C=O) groups is 1. The van der Waals surface area contributed by atoms with Crippen molar-refractivity contribution in [2.75, 3.05) is 0 Å². The third kappa shape index (κ3) is 4.35. The molecule has 1 atom stereocenters. The third-order valence-corrected chi connectivity index (χ3v) is 4.99. The zero-order chi connectivity index (χ0) is 18.0. The van der Waals surface area contributed by atoms with E-state index in [1.54, 1.807) is 12.1 Å². The Labute approximate surface area is 151 Å². The predicted molar refractivity (Wildman–Crippen MR) is 93.2 cm³/mol. The van der Waals surface area contributed by atoms with Gasteiger partial charge in [-0.1, -0.05) is 41.6 Å². The summed E-state index contributed by atoms with van der Waals surface area (Å²) >= 11 is 7.18. The topological polar surface area (TPSA) is 41.5 Å². The van der Waals surface area contributed by atoms with Crippen LogP contribution in [0, 0.1) is 0 Å². The Bertz CT molecular complexity index is 824. The normalized spacial score (nSPS) is 19.3. The first-order valence-electron chi connectivity index (χ1n) is 7.30. The van der Waals surface area contributed by atoms with Crippen molar-refractivity contribution in [1.82, 2.24) is 5.32 Å². The number of nitrogens with zero attached hydrogens (tertiary/aromatic N) is 1. The minimum absolute atomic E-state index is 0.0903. The van der Waals surface area contributed by atoms with E-state index in [1.165, 1.54) is 17.8 Å². The van der Waals surface area contributed by atoms with E-state index < -0.39 is 17.0 Å². The van der Waals surface area contributed by atoms with Crippen LogP contribution in [-0.2, 0) is 17.4 Å². The Morgan fingerprint density at radius 2 is 1.88 bits per heavy atom. The highest BCUT2D eigenvalue weighted by Gasteiger charge is 2.33. The monoisotopic (exact) mass is 384 g/mol. The van der Waals surface area contributed by atoms with Gasteiger partial charge in [-0.15, -0.1) is 0 Å². The van der Waals surface area contributed by atoms with Crippen LogP contribution in [-0.4, -0.2) is 16.3 Å². The number of thioether (sulfide) groups is 1. The van der Waals surface area contributed by atoms with Crippen LogP contribution >= 0.6 is 23.4 Å². The number of para-hydroxylation sites is 1. The molecule has 2 aromatic rings. The van der Waals surface area contributed by atoms with Gasteiger partial charge < -0.3 is 5.32 Å². The molecule has 0 saturated carbocycles. The van der Waals surface area contributed by atoms with Gasteiger partial charge >= 0.3 is 6.18 Å². The van der Waals surface area contributed by atoms with Crippen LogP contribution < -0.4 is 5.32 Å². The highest BCUT2D eigenvalue weighted by atomic mass is 35.5. The average Bonchev–Trinajstić information content (AvgIpc) is 2.89. The van der Waals surface area contributed by atoms with Crippen LogP contribution in [0.25, 0.3) is 0 Å². The summed E-state index contributed by atoms with van der Waals surface area (Å²) in [6.45, 7) is 0. The highest BCUT2D eigenvalue weighted by Crippen LogP contribution is 2.34. The Kier molecular flexibility index (Phi) is 5.06. The van der Waals surface area contributed by atoms with E-state index in [-0.39, 0.29) is 22.9 Å². The quantitative estimate of drug-likeness (QED) is 0.824.